The van der Waals surface area contributed by atoms with Crippen LogP contribution in [0.4, 0.5) is 6.01 Å². The van der Waals surface area contributed by atoms with Gasteiger partial charge in [0, 0.05) is 5.39 Å². The fourth-order valence-corrected chi connectivity index (χ4v) is 3.11. The van der Waals surface area contributed by atoms with Gasteiger partial charge < -0.3 is 13.3 Å². The lowest BCUT2D eigenvalue weighted by molar-refractivity contribution is 0.102. The topological polar surface area (TPSA) is 107 Å². The largest absolute Gasteiger partial charge is 0.463 e. The highest BCUT2D eigenvalue weighted by molar-refractivity contribution is 6.35. The SMILES string of the molecule is O=C(Nc1nnc(-c2ccco2)o1)c1cc(-c2ccco2)nc2c(Cl)cccc12. The van der Waals surface area contributed by atoms with Crippen LogP contribution < -0.4 is 5.32 Å². The molecule has 29 heavy (non-hydrogen) atoms. The van der Waals surface area contributed by atoms with E-state index in [1.165, 1.54) is 12.5 Å². The summed E-state index contributed by atoms with van der Waals surface area (Å²) in [5, 5.41) is 11.3. The summed E-state index contributed by atoms with van der Waals surface area (Å²) in [4.78, 5) is 17.5. The number of fused-ring (bicyclic) bond motifs is 1. The van der Waals surface area contributed by atoms with E-state index in [4.69, 9.17) is 24.9 Å². The lowest BCUT2D eigenvalue weighted by Crippen LogP contribution is -2.13. The third-order valence-corrected chi connectivity index (χ3v) is 4.49. The maximum absolute atomic E-state index is 13.0. The molecule has 4 heterocycles. The Labute approximate surface area is 168 Å². The number of hydrogen-bond acceptors (Lipinski definition) is 7. The summed E-state index contributed by atoms with van der Waals surface area (Å²) in [5.74, 6) is 0.615. The first-order chi connectivity index (χ1) is 14.2. The Morgan fingerprint density at radius 2 is 1.76 bits per heavy atom. The number of carbonyl (C=O) groups is 1. The molecule has 5 rings (SSSR count). The second-order valence-corrected chi connectivity index (χ2v) is 6.42. The highest BCUT2D eigenvalue weighted by Crippen LogP contribution is 2.30. The van der Waals surface area contributed by atoms with Gasteiger partial charge in [-0.05, 0) is 36.4 Å². The molecule has 0 aliphatic heterocycles. The van der Waals surface area contributed by atoms with Crippen molar-refractivity contribution >= 4 is 34.4 Å². The Bertz CT molecular complexity index is 1310. The number of pyridine rings is 1. The zero-order valence-electron chi connectivity index (χ0n) is 14.6. The van der Waals surface area contributed by atoms with Crippen molar-refractivity contribution in [2.24, 2.45) is 0 Å². The number of anilines is 1. The number of rotatable bonds is 4. The standard InChI is InChI=1S/C20H11ClN4O4/c21-13-5-1-4-11-12(10-14(22-17(11)13)15-6-2-8-27-15)18(26)23-20-25-24-19(29-20)16-7-3-9-28-16/h1-10H,(H,23,25,26). The second-order valence-electron chi connectivity index (χ2n) is 6.01. The number of benzene rings is 1. The summed E-state index contributed by atoms with van der Waals surface area (Å²) in [6.45, 7) is 0. The van der Waals surface area contributed by atoms with E-state index < -0.39 is 5.91 Å². The minimum absolute atomic E-state index is 0.0621. The van der Waals surface area contributed by atoms with Gasteiger partial charge in [0.05, 0.1) is 28.6 Å². The summed E-state index contributed by atoms with van der Waals surface area (Å²) >= 11 is 6.31. The molecule has 0 aliphatic rings. The van der Waals surface area contributed by atoms with Gasteiger partial charge in [0.1, 0.15) is 5.69 Å². The zero-order valence-corrected chi connectivity index (χ0v) is 15.4. The van der Waals surface area contributed by atoms with Gasteiger partial charge in [-0.3, -0.25) is 10.1 Å². The number of amides is 1. The van der Waals surface area contributed by atoms with Crippen molar-refractivity contribution in [3.63, 3.8) is 0 Å². The molecule has 0 spiro atoms. The van der Waals surface area contributed by atoms with E-state index in [0.717, 1.165) is 0 Å². The van der Waals surface area contributed by atoms with Gasteiger partial charge in [-0.15, -0.1) is 5.10 Å². The zero-order chi connectivity index (χ0) is 19.8. The third kappa shape index (κ3) is 3.15. The van der Waals surface area contributed by atoms with Crippen LogP contribution in [-0.2, 0) is 0 Å². The molecule has 4 aromatic heterocycles. The average Bonchev–Trinajstić information content (AvgIpc) is 3.49. The highest BCUT2D eigenvalue weighted by atomic mass is 35.5. The predicted molar refractivity (Wildman–Crippen MR) is 104 cm³/mol. The molecule has 0 unspecified atom stereocenters. The fraction of sp³-hybridized carbons (Fsp3) is 0. The van der Waals surface area contributed by atoms with E-state index in [1.54, 1.807) is 48.5 Å². The number of halogens is 1. The van der Waals surface area contributed by atoms with E-state index in [-0.39, 0.29) is 11.9 Å². The molecule has 1 amide bonds. The smallest absolute Gasteiger partial charge is 0.322 e. The van der Waals surface area contributed by atoms with Crippen molar-refractivity contribution in [1.29, 1.82) is 0 Å². The van der Waals surface area contributed by atoms with E-state index in [0.29, 0.717) is 38.7 Å². The van der Waals surface area contributed by atoms with Crippen LogP contribution in [-0.4, -0.2) is 21.1 Å². The quantitative estimate of drug-likeness (QED) is 0.445. The van der Waals surface area contributed by atoms with Crippen LogP contribution in [0, 0.1) is 0 Å². The average molecular weight is 407 g/mol. The molecule has 0 atom stereocenters. The van der Waals surface area contributed by atoms with E-state index in [9.17, 15) is 4.79 Å². The summed E-state index contributed by atoms with van der Waals surface area (Å²) in [5.41, 5.74) is 1.29. The monoisotopic (exact) mass is 406 g/mol. The minimum Gasteiger partial charge on any atom is -0.463 e. The number of hydrogen-bond donors (Lipinski definition) is 1. The first-order valence-electron chi connectivity index (χ1n) is 8.51. The summed E-state index contributed by atoms with van der Waals surface area (Å²) < 4.78 is 16.1. The van der Waals surface area contributed by atoms with Crippen molar-refractivity contribution < 1.29 is 18.0 Å². The predicted octanol–water partition coefficient (Wildman–Crippen LogP) is 5.04. The van der Waals surface area contributed by atoms with Crippen molar-refractivity contribution in [2.45, 2.75) is 0 Å². The Hall–Kier alpha value is -3.91. The number of aromatic nitrogens is 3. The molecule has 142 valence electrons. The number of nitrogens with zero attached hydrogens (tertiary/aromatic N) is 3. The van der Waals surface area contributed by atoms with Crippen LogP contribution in [0.25, 0.3) is 34.0 Å². The molecule has 1 aromatic carbocycles. The number of nitrogens with one attached hydrogen (secondary N) is 1. The van der Waals surface area contributed by atoms with Gasteiger partial charge in [-0.2, -0.15) is 0 Å². The maximum atomic E-state index is 13.0. The van der Waals surface area contributed by atoms with E-state index in [2.05, 4.69) is 20.5 Å². The fourth-order valence-electron chi connectivity index (χ4n) is 2.89. The van der Waals surface area contributed by atoms with Gasteiger partial charge in [-0.25, -0.2) is 4.98 Å². The lowest BCUT2D eigenvalue weighted by atomic mass is 10.1. The number of para-hydroxylation sites is 1. The molecule has 0 saturated heterocycles. The van der Waals surface area contributed by atoms with Crippen molar-refractivity contribution in [3.05, 3.63) is 71.6 Å². The first kappa shape index (κ1) is 17.2. The van der Waals surface area contributed by atoms with E-state index >= 15 is 0 Å². The molecule has 9 heteroatoms. The molecule has 8 nitrogen and oxygen atoms in total. The lowest BCUT2D eigenvalue weighted by Gasteiger charge is -2.09. The molecule has 5 aromatic rings. The second kappa shape index (κ2) is 6.92. The molecule has 0 fully saturated rings. The summed E-state index contributed by atoms with van der Waals surface area (Å²) in [6, 6.07) is 13.6. The Morgan fingerprint density at radius 1 is 0.966 bits per heavy atom. The maximum Gasteiger partial charge on any atom is 0.322 e. The van der Waals surface area contributed by atoms with Crippen LogP contribution >= 0.6 is 11.6 Å². The van der Waals surface area contributed by atoms with Gasteiger partial charge in [0.25, 0.3) is 11.8 Å². The summed E-state index contributed by atoms with van der Waals surface area (Å²) in [6.07, 6.45) is 3.02. The number of furan rings is 2. The minimum atomic E-state index is -0.456. The molecule has 1 N–H and O–H groups in total. The van der Waals surface area contributed by atoms with Crippen molar-refractivity contribution in [3.8, 4) is 23.1 Å². The first-order valence-corrected chi connectivity index (χ1v) is 8.89. The molecule has 0 radical (unpaired) electrons. The molecule has 0 aliphatic carbocycles. The number of carbonyl (C=O) groups excluding carboxylic acids is 1. The van der Waals surface area contributed by atoms with Crippen LogP contribution in [0.1, 0.15) is 10.4 Å². The molecule has 0 bridgehead atoms. The Kier molecular flexibility index (Phi) is 4.10. The molecular weight excluding hydrogens is 396 g/mol. The van der Waals surface area contributed by atoms with Crippen LogP contribution in [0.3, 0.4) is 0 Å². The van der Waals surface area contributed by atoms with Gasteiger partial charge in [-0.1, -0.05) is 28.8 Å². The van der Waals surface area contributed by atoms with E-state index in [1.807, 2.05) is 0 Å². The van der Waals surface area contributed by atoms with Gasteiger partial charge in [0.2, 0.25) is 0 Å². The van der Waals surface area contributed by atoms with Crippen molar-refractivity contribution in [1.82, 2.24) is 15.2 Å². The van der Waals surface area contributed by atoms with Crippen molar-refractivity contribution in [2.75, 3.05) is 5.32 Å². The third-order valence-electron chi connectivity index (χ3n) is 4.19. The van der Waals surface area contributed by atoms with Crippen LogP contribution in [0.15, 0.2) is 74.3 Å². The normalized spacial score (nSPS) is 11.1. The molecule has 0 saturated carbocycles. The Balaban J connectivity index is 1.55. The highest BCUT2D eigenvalue weighted by Gasteiger charge is 2.19. The Morgan fingerprint density at radius 3 is 2.52 bits per heavy atom. The molecular formula is C20H11ClN4O4. The van der Waals surface area contributed by atoms with Crippen LogP contribution in [0.5, 0.6) is 0 Å². The van der Waals surface area contributed by atoms with Crippen LogP contribution in [0.2, 0.25) is 5.02 Å². The van der Waals surface area contributed by atoms with Gasteiger partial charge >= 0.3 is 6.01 Å². The van der Waals surface area contributed by atoms with Gasteiger partial charge in [0.15, 0.2) is 11.5 Å². The summed E-state index contributed by atoms with van der Waals surface area (Å²) in [7, 11) is 0.